The fourth-order valence-electron chi connectivity index (χ4n) is 2.53. The van der Waals surface area contributed by atoms with Gasteiger partial charge in [0, 0.05) is 31.7 Å². The van der Waals surface area contributed by atoms with Gasteiger partial charge in [-0.1, -0.05) is 19.1 Å². The van der Waals surface area contributed by atoms with Gasteiger partial charge in [0.05, 0.1) is 0 Å². The van der Waals surface area contributed by atoms with E-state index in [0.29, 0.717) is 31.7 Å². The normalized spacial score (nSPS) is 17.5. The van der Waals surface area contributed by atoms with Crippen molar-refractivity contribution in [1.82, 2.24) is 9.80 Å². The SMILES string of the molecule is CCc1ccc(C(=O)N2CCN([C@H](C)C(=O)O)CC2)cc1. The van der Waals surface area contributed by atoms with E-state index in [1.165, 1.54) is 5.56 Å². The number of rotatable bonds is 4. The van der Waals surface area contributed by atoms with Crippen molar-refractivity contribution in [3.63, 3.8) is 0 Å². The molecular formula is C16H22N2O3. The molecule has 0 radical (unpaired) electrons. The topological polar surface area (TPSA) is 60.9 Å². The van der Waals surface area contributed by atoms with E-state index in [0.717, 1.165) is 6.42 Å². The zero-order chi connectivity index (χ0) is 15.4. The fourth-order valence-corrected chi connectivity index (χ4v) is 2.53. The summed E-state index contributed by atoms with van der Waals surface area (Å²) < 4.78 is 0. The van der Waals surface area contributed by atoms with Gasteiger partial charge in [-0.15, -0.1) is 0 Å². The lowest BCUT2D eigenvalue weighted by Crippen LogP contribution is -2.53. The molecule has 0 bridgehead atoms. The Morgan fingerprint density at radius 3 is 2.19 bits per heavy atom. The molecule has 1 fully saturated rings. The molecule has 0 spiro atoms. The molecule has 1 aromatic rings. The molecule has 0 unspecified atom stereocenters. The third-order valence-corrected chi connectivity index (χ3v) is 4.12. The molecule has 2 rings (SSSR count). The number of amides is 1. The molecule has 1 atom stereocenters. The van der Waals surface area contributed by atoms with Crippen LogP contribution in [0, 0.1) is 0 Å². The number of carboxylic acids is 1. The summed E-state index contributed by atoms with van der Waals surface area (Å²) in [7, 11) is 0. The maximum absolute atomic E-state index is 12.4. The molecule has 5 heteroatoms. The summed E-state index contributed by atoms with van der Waals surface area (Å²) >= 11 is 0. The van der Waals surface area contributed by atoms with Crippen LogP contribution in [-0.2, 0) is 11.2 Å². The van der Waals surface area contributed by atoms with Crippen LogP contribution in [0.1, 0.15) is 29.8 Å². The maximum atomic E-state index is 12.4. The van der Waals surface area contributed by atoms with Crippen molar-refractivity contribution in [3.8, 4) is 0 Å². The minimum atomic E-state index is -0.815. The van der Waals surface area contributed by atoms with Crippen molar-refractivity contribution in [2.24, 2.45) is 0 Å². The third kappa shape index (κ3) is 3.61. The molecule has 5 nitrogen and oxygen atoms in total. The molecule has 1 aliphatic rings. The molecular weight excluding hydrogens is 268 g/mol. The van der Waals surface area contributed by atoms with E-state index >= 15 is 0 Å². The van der Waals surface area contributed by atoms with Crippen molar-refractivity contribution in [2.75, 3.05) is 26.2 Å². The second-order valence-corrected chi connectivity index (χ2v) is 5.39. The highest BCUT2D eigenvalue weighted by atomic mass is 16.4. The Morgan fingerprint density at radius 2 is 1.71 bits per heavy atom. The number of nitrogens with zero attached hydrogens (tertiary/aromatic N) is 2. The minimum Gasteiger partial charge on any atom is -0.480 e. The van der Waals surface area contributed by atoms with Crippen LogP contribution in [-0.4, -0.2) is 59.0 Å². The van der Waals surface area contributed by atoms with Gasteiger partial charge in [0.25, 0.3) is 5.91 Å². The Morgan fingerprint density at radius 1 is 1.14 bits per heavy atom. The van der Waals surface area contributed by atoms with Gasteiger partial charge in [-0.25, -0.2) is 0 Å². The van der Waals surface area contributed by atoms with Crippen molar-refractivity contribution in [3.05, 3.63) is 35.4 Å². The van der Waals surface area contributed by atoms with Gasteiger partial charge >= 0.3 is 5.97 Å². The van der Waals surface area contributed by atoms with Gasteiger partial charge in [-0.05, 0) is 31.0 Å². The highest BCUT2D eigenvalue weighted by Gasteiger charge is 2.27. The van der Waals surface area contributed by atoms with E-state index in [2.05, 4.69) is 6.92 Å². The Bertz CT molecular complexity index is 505. The van der Waals surface area contributed by atoms with E-state index in [9.17, 15) is 9.59 Å². The lowest BCUT2D eigenvalue weighted by atomic mass is 10.1. The van der Waals surface area contributed by atoms with Gasteiger partial charge in [0.2, 0.25) is 0 Å². The van der Waals surface area contributed by atoms with Gasteiger partial charge in [0.1, 0.15) is 6.04 Å². The number of hydrogen-bond donors (Lipinski definition) is 1. The highest BCUT2D eigenvalue weighted by Crippen LogP contribution is 2.12. The third-order valence-electron chi connectivity index (χ3n) is 4.12. The summed E-state index contributed by atoms with van der Waals surface area (Å²) in [6.45, 7) is 6.12. The van der Waals surface area contributed by atoms with Crippen LogP contribution < -0.4 is 0 Å². The summed E-state index contributed by atoms with van der Waals surface area (Å²) in [5.74, 6) is -0.787. The molecule has 0 aliphatic carbocycles. The number of benzene rings is 1. The molecule has 1 aliphatic heterocycles. The van der Waals surface area contributed by atoms with E-state index < -0.39 is 12.0 Å². The number of carbonyl (C=O) groups excluding carboxylic acids is 1. The Labute approximate surface area is 125 Å². The van der Waals surface area contributed by atoms with Gasteiger partial charge < -0.3 is 10.0 Å². The van der Waals surface area contributed by atoms with Gasteiger partial charge in [-0.3, -0.25) is 14.5 Å². The first-order chi connectivity index (χ1) is 10.0. The van der Waals surface area contributed by atoms with Crippen molar-refractivity contribution < 1.29 is 14.7 Å². The summed E-state index contributed by atoms with van der Waals surface area (Å²) in [6.07, 6.45) is 0.959. The molecule has 1 N–H and O–H groups in total. The van der Waals surface area contributed by atoms with Crippen LogP contribution in [0.3, 0.4) is 0 Å². The molecule has 1 amide bonds. The maximum Gasteiger partial charge on any atom is 0.320 e. The summed E-state index contributed by atoms with van der Waals surface area (Å²) in [5.41, 5.74) is 1.92. The first-order valence-electron chi connectivity index (χ1n) is 7.38. The van der Waals surface area contributed by atoms with E-state index in [1.54, 1.807) is 11.8 Å². The van der Waals surface area contributed by atoms with Crippen molar-refractivity contribution in [2.45, 2.75) is 26.3 Å². The first-order valence-corrected chi connectivity index (χ1v) is 7.38. The zero-order valence-electron chi connectivity index (χ0n) is 12.6. The Balaban J connectivity index is 1.95. The molecule has 1 heterocycles. The van der Waals surface area contributed by atoms with E-state index in [4.69, 9.17) is 5.11 Å². The summed E-state index contributed by atoms with van der Waals surface area (Å²) in [6, 6.07) is 7.21. The second-order valence-electron chi connectivity index (χ2n) is 5.39. The molecule has 21 heavy (non-hydrogen) atoms. The summed E-state index contributed by atoms with van der Waals surface area (Å²) in [4.78, 5) is 27.1. The number of aliphatic carboxylic acids is 1. The lowest BCUT2D eigenvalue weighted by molar-refractivity contribution is -0.143. The van der Waals surface area contributed by atoms with Crippen LogP contribution in [0.25, 0.3) is 0 Å². The standard InChI is InChI=1S/C16H22N2O3/c1-3-13-4-6-14(7-5-13)15(19)18-10-8-17(9-11-18)12(2)16(20)21/h4-7,12H,3,8-11H2,1-2H3,(H,20,21)/t12-/m1/s1. The van der Waals surface area contributed by atoms with E-state index in [-0.39, 0.29) is 5.91 Å². The van der Waals surface area contributed by atoms with Crippen LogP contribution >= 0.6 is 0 Å². The van der Waals surface area contributed by atoms with Crippen LogP contribution in [0.4, 0.5) is 0 Å². The van der Waals surface area contributed by atoms with Crippen LogP contribution in [0.15, 0.2) is 24.3 Å². The number of piperazine rings is 1. The smallest absolute Gasteiger partial charge is 0.320 e. The average molecular weight is 290 g/mol. The van der Waals surface area contributed by atoms with Crippen LogP contribution in [0.5, 0.6) is 0 Å². The van der Waals surface area contributed by atoms with Gasteiger partial charge in [-0.2, -0.15) is 0 Å². The quantitative estimate of drug-likeness (QED) is 0.912. The van der Waals surface area contributed by atoms with E-state index in [1.807, 2.05) is 29.2 Å². The largest absolute Gasteiger partial charge is 0.480 e. The number of aryl methyl sites for hydroxylation is 1. The lowest BCUT2D eigenvalue weighted by Gasteiger charge is -2.36. The molecule has 0 aromatic heterocycles. The molecule has 0 saturated carbocycles. The van der Waals surface area contributed by atoms with Crippen LogP contribution in [0.2, 0.25) is 0 Å². The molecule has 1 saturated heterocycles. The van der Waals surface area contributed by atoms with Gasteiger partial charge in [0.15, 0.2) is 0 Å². The molecule has 114 valence electrons. The van der Waals surface area contributed by atoms with Crippen molar-refractivity contribution in [1.29, 1.82) is 0 Å². The zero-order valence-corrected chi connectivity index (χ0v) is 12.6. The number of carbonyl (C=O) groups is 2. The van der Waals surface area contributed by atoms with Crippen molar-refractivity contribution >= 4 is 11.9 Å². The Hall–Kier alpha value is -1.88. The minimum absolute atomic E-state index is 0.0280. The average Bonchev–Trinajstić information content (AvgIpc) is 2.53. The first kappa shape index (κ1) is 15.5. The molecule has 1 aromatic carbocycles. The predicted molar refractivity (Wildman–Crippen MR) is 80.4 cm³/mol. The predicted octanol–water partition coefficient (Wildman–Crippen LogP) is 1.48. The Kier molecular flexibility index (Phi) is 4.96. The highest BCUT2D eigenvalue weighted by molar-refractivity contribution is 5.94. The second kappa shape index (κ2) is 6.72. The monoisotopic (exact) mass is 290 g/mol. The number of carboxylic acid groups (broad SMARTS) is 1. The summed E-state index contributed by atoms with van der Waals surface area (Å²) in [5, 5.41) is 9.01. The fraction of sp³-hybridized carbons (Fsp3) is 0.500. The number of hydrogen-bond acceptors (Lipinski definition) is 3.